The molecule has 26 nitrogen and oxygen atoms in total. The van der Waals surface area contributed by atoms with Crippen molar-refractivity contribution in [2.45, 2.75) is 87.0 Å². The van der Waals surface area contributed by atoms with Gasteiger partial charge >= 0.3 is 0 Å². The number of amides is 7. The highest BCUT2D eigenvalue weighted by molar-refractivity contribution is 8.77. The number of carbonyl (C=O) groups is 10. The molecular weight excluding hydrogens is 1740 g/mol. The molecule has 0 aliphatic carbocycles. The third kappa shape index (κ3) is 44.9. The number of nitrogens with one attached hydrogen (secondary N) is 8. The second-order valence-corrected chi connectivity index (χ2v) is 42.1. The van der Waals surface area contributed by atoms with E-state index in [4.69, 9.17) is 11.5 Å². The highest BCUT2D eigenvalue weighted by Crippen LogP contribution is 2.42. The lowest BCUT2D eigenvalue weighted by Gasteiger charge is -2.30. The zero-order chi connectivity index (χ0) is 85.3. The number of aryl methyl sites for hydroxylation is 6. The second kappa shape index (κ2) is 57.1. The van der Waals surface area contributed by atoms with E-state index in [0.29, 0.717) is 89.6 Å². The molecule has 6 rings (SSSR count). The van der Waals surface area contributed by atoms with Gasteiger partial charge in [0.05, 0.1) is 138 Å². The number of nitrogens with zero attached hydrogens (tertiary/aromatic N) is 3. The highest BCUT2D eigenvalue weighted by atomic mass is 35.5. The Hall–Kier alpha value is -5.27. The molecule has 0 fully saturated rings. The minimum Gasteiger partial charge on any atom is -0.544 e. The minimum atomic E-state index is -1.12. The van der Waals surface area contributed by atoms with E-state index in [2.05, 4.69) is 73.9 Å². The summed E-state index contributed by atoms with van der Waals surface area (Å²) in [5.74, 6) is 0.571. The molecule has 0 atom stereocenters. The fourth-order valence-electron chi connectivity index (χ4n) is 10.8. The van der Waals surface area contributed by atoms with Gasteiger partial charge in [0, 0.05) is 139 Å². The van der Waals surface area contributed by atoms with Crippen molar-refractivity contribution in [1.82, 2.24) is 42.5 Å². The first-order valence-electron chi connectivity index (χ1n) is 37.0. The molecule has 6 aromatic rings. The summed E-state index contributed by atoms with van der Waals surface area (Å²) in [7, 11) is 19.8. The van der Waals surface area contributed by atoms with Gasteiger partial charge in [-0.3, -0.25) is 33.6 Å². The van der Waals surface area contributed by atoms with Crippen molar-refractivity contribution in [2.24, 2.45) is 11.5 Å². The average molecular weight is 1860 g/mol. The number of carbonyl (C=O) groups excluding carboxylic acids is 10. The Morgan fingerprint density at radius 2 is 0.664 bits per heavy atom. The molecule has 0 radical (unpaired) electrons. The monoisotopic (exact) mass is 1860 g/mol. The first-order valence-corrected chi connectivity index (χ1v) is 47.5. The molecular formula is C77H119Cl2N13O13S11. The number of likely N-dealkylation sites (N-methyl/N-ethyl adjacent to an activating group) is 3. The van der Waals surface area contributed by atoms with Crippen molar-refractivity contribution in [2.75, 3.05) is 183 Å². The molecule has 7 amide bonds. The molecule has 39 heteroatoms. The summed E-state index contributed by atoms with van der Waals surface area (Å²) in [6.07, 6.45) is 1.63. The zero-order valence-electron chi connectivity index (χ0n) is 68.9. The van der Waals surface area contributed by atoms with Gasteiger partial charge in [-0.25, -0.2) is 0 Å². The number of thiophene rings is 6. The molecule has 6 aromatic heterocycles. The summed E-state index contributed by atoms with van der Waals surface area (Å²) in [6.45, 7) is 23.9. The number of carboxylic acids is 3. The molecule has 0 aliphatic rings. The van der Waals surface area contributed by atoms with E-state index in [-0.39, 0.29) is 125 Å². The molecule has 0 unspecified atom stereocenters. The smallest absolute Gasteiger partial charge is 0.246 e. The van der Waals surface area contributed by atoms with Crippen LogP contribution in [0.15, 0.2) is 48.6 Å². The molecule has 0 saturated heterocycles. The largest absolute Gasteiger partial charge is 0.544 e. The van der Waals surface area contributed by atoms with Gasteiger partial charge in [-0.15, -0.1) is 92.8 Å². The summed E-state index contributed by atoms with van der Waals surface area (Å²) in [5, 5.41) is 55.7. The molecule has 6 heterocycles. The highest BCUT2D eigenvalue weighted by Gasteiger charge is 2.24. The van der Waals surface area contributed by atoms with Crippen LogP contribution in [0.5, 0.6) is 0 Å². The number of hydrogen-bond donors (Lipinski definition) is 11. The number of nitrogens with two attached hydrogens (primary N) is 2. The summed E-state index contributed by atoms with van der Waals surface area (Å²) in [6, 6.07) is 12.2. The number of carboxylic acid groups (broad SMARTS) is 3. The molecule has 12 N–H and O–H groups in total. The number of aliphatic carboxylic acids is 3. The fraction of sp³-hybridized carbons (Fsp3) is 0.532. The summed E-state index contributed by atoms with van der Waals surface area (Å²) in [4.78, 5) is 132. The van der Waals surface area contributed by atoms with Crippen LogP contribution in [0.2, 0.25) is 0 Å². The lowest BCUT2D eigenvalue weighted by Crippen LogP contribution is -2.51. The van der Waals surface area contributed by atoms with Crippen molar-refractivity contribution in [3.05, 3.63) is 111 Å². The van der Waals surface area contributed by atoms with Gasteiger partial charge in [0.2, 0.25) is 41.4 Å². The van der Waals surface area contributed by atoms with Crippen LogP contribution in [0, 0.1) is 41.5 Å². The Bertz CT molecular complexity index is 4110. The normalized spacial score (nSPS) is 11.0. The van der Waals surface area contributed by atoms with E-state index < -0.39 is 17.9 Å². The molecule has 0 saturated carbocycles. The van der Waals surface area contributed by atoms with Gasteiger partial charge in [0.25, 0.3) is 0 Å². The van der Waals surface area contributed by atoms with Crippen molar-refractivity contribution < 1.29 is 76.7 Å². The van der Waals surface area contributed by atoms with Crippen molar-refractivity contribution >= 4 is 208 Å². The molecule has 0 aromatic carbocycles. The van der Waals surface area contributed by atoms with E-state index in [1.54, 1.807) is 160 Å². The van der Waals surface area contributed by atoms with Crippen molar-refractivity contribution in [1.29, 1.82) is 0 Å². The number of halogens is 2. The second-order valence-electron chi connectivity index (χ2n) is 28.7. The SMILES string of the molecule is C=C(C)C(=O)NCCNC(=O)Cc1cc(C)sc1-c1cc(CC(=O)NCC[N+](C)(C)CC(=O)[O-])c(C)s1.CNCCSSCCNC(=O)Cc1cc(C)sc1-c1cc(CC(=O)NCC[N+](C)(C)CC(=O)[O-])c(C)s1.Cc1cc(CC(=O)NCCS)c(-c2cc(CC(=O)NCC[N+](C)(C)CC(=O)[O-])c(C)s2)s1.Cl.Cl.NCCSSCCN. The van der Waals surface area contributed by atoms with Crippen LogP contribution in [0.25, 0.3) is 29.3 Å². The van der Waals surface area contributed by atoms with Crippen LogP contribution in [0.1, 0.15) is 69.6 Å². The van der Waals surface area contributed by atoms with Crippen LogP contribution in [-0.2, 0) is 86.5 Å². The van der Waals surface area contributed by atoms with Crippen molar-refractivity contribution in [3.8, 4) is 29.3 Å². The van der Waals surface area contributed by atoms with Gasteiger partial charge in [-0.05, 0) is 125 Å². The standard InChI is InChI=1S/C26H36N4O5S2.C25H38N4O4S4.C22H31N3O4S3.C4H12N2S2.2ClH/c1-16(2)26(35)29-8-7-27-23(32)14-20-11-17(3)36-25(20)21-12-19(18(4)37-21)13-22(31)28-9-10-30(5,6)15-24(33)34;1-17-12-20(15-23(31)28-8-11-35-34-10-7-26-3)25(36-17)21-13-19(18(2)37-21)14-22(30)27-6-9-29(4,5)16-24(32)33;1-14-9-17(12-20(27)24-6-8-30)22(31-14)18-10-16(15(2)32-18)11-19(26)23-5-7-25(3,4)13-21(28)29;5-1-3-7-8-4-2-6;;/h11-12H,1,7-10,13-15H2,2-6H3,(H3-,27,28,29,31,32,33,34,35);12-13,26H,6-11,14-16H2,1-5H3,(H2-,27,28,30,31,32,33);9-10H,5-8,11-13H2,1-4H3,(H3-,23,24,26,27,28,29,30);1-6H2;2*1H. The third-order valence-corrected chi connectivity index (χ3v) is 28.7. The lowest BCUT2D eigenvalue weighted by molar-refractivity contribution is -0.883. The molecule has 0 bridgehead atoms. The summed E-state index contributed by atoms with van der Waals surface area (Å²) >= 11 is 13.9. The van der Waals surface area contributed by atoms with Crippen LogP contribution in [-0.4, -0.2) is 256 Å². The summed E-state index contributed by atoms with van der Waals surface area (Å²) < 4.78 is 0.709. The molecule has 650 valence electrons. The molecule has 0 aliphatic heterocycles. The van der Waals surface area contributed by atoms with Gasteiger partial charge < -0.3 is 97.2 Å². The average Bonchev–Trinajstić information content (AvgIpc) is 1.67. The van der Waals surface area contributed by atoms with E-state index in [9.17, 15) is 63.3 Å². The zero-order valence-corrected chi connectivity index (χ0v) is 79.6. The van der Waals surface area contributed by atoms with E-state index >= 15 is 0 Å². The Kier molecular flexibility index (Phi) is 53.5. The van der Waals surface area contributed by atoms with Crippen LogP contribution in [0.3, 0.4) is 0 Å². The Balaban J connectivity index is 0.000000823. The predicted molar refractivity (Wildman–Crippen MR) is 490 cm³/mol. The molecule has 0 spiro atoms. The molecule has 116 heavy (non-hydrogen) atoms. The van der Waals surface area contributed by atoms with Gasteiger partial charge in [-0.2, -0.15) is 12.6 Å². The van der Waals surface area contributed by atoms with Crippen LogP contribution >= 0.6 is 149 Å². The topological polar surface area (TPSA) is 388 Å². The Morgan fingerprint density at radius 3 is 0.948 bits per heavy atom. The first kappa shape index (κ1) is 109. The number of rotatable bonds is 48. The number of quaternary nitrogens is 3. The van der Waals surface area contributed by atoms with Crippen molar-refractivity contribution in [3.63, 3.8) is 0 Å². The predicted octanol–water partition coefficient (Wildman–Crippen LogP) is 5.06. The van der Waals surface area contributed by atoms with Gasteiger partial charge in [0.1, 0.15) is 19.6 Å². The van der Waals surface area contributed by atoms with Crippen LogP contribution in [0.4, 0.5) is 0 Å². The lowest BCUT2D eigenvalue weighted by atomic mass is 10.1. The maximum atomic E-state index is 12.6. The van der Waals surface area contributed by atoms with Crippen LogP contribution < -0.4 is 69.3 Å². The number of thiol groups is 1. The Morgan fingerprint density at radius 1 is 0.397 bits per heavy atom. The maximum Gasteiger partial charge on any atom is 0.246 e. The quantitative estimate of drug-likeness (QED) is 0.00781. The van der Waals surface area contributed by atoms with E-state index in [1.807, 2.05) is 72.9 Å². The fourth-order valence-corrected chi connectivity index (χ4v) is 21.1. The van der Waals surface area contributed by atoms with E-state index in [1.165, 1.54) is 0 Å². The number of hydrogen-bond acceptors (Lipinski definition) is 27. The van der Waals surface area contributed by atoms with Gasteiger partial charge in [0.15, 0.2) is 0 Å². The maximum absolute atomic E-state index is 12.6. The third-order valence-electron chi connectivity index (χ3n) is 16.5. The first-order chi connectivity index (χ1) is 53.7. The van der Waals surface area contributed by atoms with E-state index in [0.717, 1.165) is 135 Å². The Labute approximate surface area is 742 Å². The minimum absolute atomic E-state index is 0. The summed E-state index contributed by atoms with van der Waals surface area (Å²) in [5.41, 5.74) is 16.7. The van der Waals surface area contributed by atoms with Gasteiger partial charge in [-0.1, -0.05) is 49.8 Å².